The van der Waals surface area contributed by atoms with Gasteiger partial charge >= 0.3 is 0 Å². The molecule has 0 aliphatic rings. The summed E-state index contributed by atoms with van der Waals surface area (Å²) in [5, 5.41) is 4.30. The lowest BCUT2D eigenvalue weighted by Crippen LogP contribution is -1.95. The molecule has 2 N–H and O–H groups in total. The molecule has 0 aliphatic carbocycles. The lowest BCUT2D eigenvalue weighted by molar-refractivity contribution is 0.476. The Morgan fingerprint density at radius 3 is 2.65 bits per heavy atom. The largest absolute Gasteiger partial charge is 0.451 e. The molecule has 4 nitrogen and oxygen atoms in total. The van der Waals surface area contributed by atoms with Crippen molar-refractivity contribution >= 4 is 21.6 Å². The lowest BCUT2D eigenvalue weighted by Gasteiger charge is -2.09. The fourth-order valence-corrected chi connectivity index (χ4v) is 1.95. The number of nitrogen functional groups attached to an aromatic ring is 1. The Morgan fingerprint density at radius 2 is 2.06 bits per heavy atom. The highest BCUT2D eigenvalue weighted by Gasteiger charge is 2.13. The highest BCUT2D eigenvalue weighted by molar-refractivity contribution is 9.10. The molecule has 0 amide bonds. The van der Waals surface area contributed by atoms with Crippen LogP contribution < -0.4 is 10.5 Å². The summed E-state index contributed by atoms with van der Waals surface area (Å²) >= 11 is 3.40. The first-order valence-corrected chi connectivity index (χ1v) is 6.01. The van der Waals surface area contributed by atoms with E-state index < -0.39 is 0 Å². The van der Waals surface area contributed by atoms with Crippen molar-refractivity contribution in [3.05, 3.63) is 34.1 Å². The Labute approximate surface area is 109 Å². The number of rotatable bonds is 2. The van der Waals surface area contributed by atoms with E-state index in [1.165, 1.54) is 0 Å². The SMILES string of the molecule is Cc1nn(C)c(C)c1Oc1cc(Br)ccc1N. The molecule has 1 aromatic heterocycles. The van der Waals surface area contributed by atoms with Crippen LogP contribution in [0.5, 0.6) is 11.5 Å². The van der Waals surface area contributed by atoms with Gasteiger partial charge in [-0.15, -0.1) is 0 Å². The van der Waals surface area contributed by atoms with Gasteiger partial charge in [0.1, 0.15) is 5.69 Å². The van der Waals surface area contributed by atoms with Gasteiger partial charge in [-0.25, -0.2) is 0 Å². The van der Waals surface area contributed by atoms with Gasteiger partial charge in [-0.3, -0.25) is 4.68 Å². The van der Waals surface area contributed by atoms with E-state index in [4.69, 9.17) is 10.5 Å². The van der Waals surface area contributed by atoms with Crippen LogP contribution >= 0.6 is 15.9 Å². The smallest absolute Gasteiger partial charge is 0.171 e. The van der Waals surface area contributed by atoms with E-state index in [1.807, 2.05) is 33.0 Å². The van der Waals surface area contributed by atoms with E-state index in [2.05, 4.69) is 21.0 Å². The average Bonchev–Trinajstić information content (AvgIpc) is 2.50. The molecule has 0 aliphatic heterocycles. The van der Waals surface area contributed by atoms with Gasteiger partial charge < -0.3 is 10.5 Å². The summed E-state index contributed by atoms with van der Waals surface area (Å²) in [5.74, 6) is 1.40. The molecule has 90 valence electrons. The van der Waals surface area contributed by atoms with Crippen molar-refractivity contribution in [3.63, 3.8) is 0 Å². The van der Waals surface area contributed by atoms with Crippen LogP contribution in [0.3, 0.4) is 0 Å². The molecule has 0 saturated carbocycles. The standard InChI is InChI=1S/C12H14BrN3O/c1-7-12(8(2)16(3)15-7)17-11-6-9(13)4-5-10(11)14/h4-6H,14H2,1-3H3. The lowest BCUT2D eigenvalue weighted by atomic mass is 10.3. The van der Waals surface area contributed by atoms with Gasteiger partial charge in [-0.1, -0.05) is 15.9 Å². The molecule has 1 aromatic carbocycles. The van der Waals surface area contributed by atoms with Gasteiger partial charge in [0.25, 0.3) is 0 Å². The number of aryl methyl sites for hydroxylation is 2. The molecule has 0 spiro atoms. The van der Waals surface area contributed by atoms with Crippen molar-refractivity contribution in [2.24, 2.45) is 7.05 Å². The summed E-state index contributed by atoms with van der Waals surface area (Å²) in [6.07, 6.45) is 0. The van der Waals surface area contributed by atoms with Crippen LogP contribution in [-0.2, 0) is 7.05 Å². The monoisotopic (exact) mass is 295 g/mol. The van der Waals surface area contributed by atoms with E-state index in [1.54, 1.807) is 10.7 Å². The van der Waals surface area contributed by atoms with Crippen molar-refractivity contribution in [2.45, 2.75) is 13.8 Å². The Kier molecular flexibility index (Phi) is 3.11. The summed E-state index contributed by atoms with van der Waals surface area (Å²) in [6, 6.07) is 5.53. The van der Waals surface area contributed by atoms with E-state index >= 15 is 0 Å². The molecule has 1 heterocycles. The first-order valence-electron chi connectivity index (χ1n) is 5.22. The Morgan fingerprint density at radius 1 is 1.35 bits per heavy atom. The number of nitrogens with two attached hydrogens (primary N) is 1. The summed E-state index contributed by atoms with van der Waals surface area (Å²) in [7, 11) is 1.89. The van der Waals surface area contributed by atoms with Gasteiger partial charge in [0.05, 0.1) is 11.4 Å². The van der Waals surface area contributed by atoms with E-state index in [-0.39, 0.29) is 0 Å². The van der Waals surface area contributed by atoms with Crippen molar-refractivity contribution in [2.75, 3.05) is 5.73 Å². The quantitative estimate of drug-likeness (QED) is 0.866. The normalized spacial score (nSPS) is 10.6. The number of aromatic nitrogens is 2. The molecule has 0 atom stereocenters. The number of benzene rings is 1. The number of hydrogen-bond acceptors (Lipinski definition) is 3. The summed E-state index contributed by atoms with van der Waals surface area (Å²) in [5.41, 5.74) is 8.30. The fraction of sp³-hybridized carbons (Fsp3) is 0.250. The second-order valence-electron chi connectivity index (χ2n) is 3.91. The zero-order chi connectivity index (χ0) is 12.6. The van der Waals surface area contributed by atoms with E-state index in [0.29, 0.717) is 11.4 Å². The summed E-state index contributed by atoms with van der Waals surface area (Å²) in [4.78, 5) is 0. The third-order valence-corrected chi connectivity index (χ3v) is 3.12. The molecule has 0 bridgehead atoms. The molecule has 0 fully saturated rings. The molecule has 17 heavy (non-hydrogen) atoms. The topological polar surface area (TPSA) is 53.1 Å². The van der Waals surface area contributed by atoms with Gasteiger partial charge in [-0.2, -0.15) is 5.10 Å². The zero-order valence-electron chi connectivity index (χ0n) is 9.99. The Balaban J connectivity index is 2.41. The third-order valence-electron chi connectivity index (χ3n) is 2.63. The van der Waals surface area contributed by atoms with Crippen LogP contribution in [0.2, 0.25) is 0 Å². The third kappa shape index (κ3) is 2.29. The van der Waals surface area contributed by atoms with Crippen LogP contribution in [-0.4, -0.2) is 9.78 Å². The fourth-order valence-electron chi connectivity index (χ4n) is 1.61. The van der Waals surface area contributed by atoms with Gasteiger partial charge in [0.15, 0.2) is 11.5 Å². The second-order valence-corrected chi connectivity index (χ2v) is 4.82. The van der Waals surface area contributed by atoms with Crippen LogP contribution in [0.15, 0.2) is 22.7 Å². The first-order chi connectivity index (χ1) is 7.99. The number of anilines is 1. The van der Waals surface area contributed by atoms with Crippen molar-refractivity contribution in [1.82, 2.24) is 9.78 Å². The Hall–Kier alpha value is -1.49. The van der Waals surface area contributed by atoms with Gasteiger partial charge in [-0.05, 0) is 32.0 Å². The summed E-state index contributed by atoms with van der Waals surface area (Å²) in [6.45, 7) is 3.88. The second kappa shape index (κ2) is 4.41. The number of halogens is 1. The number of hydrogen-bond donors (Lipinski definition) is 1. The van der Waals surface area contributed by atoms with Crippen LogP contribution in [0, 0.1) is 13.8 Å². The molecule has 5 heteroatoms. The number of ether oxygens (including phenoxy) is 1. The molecule has 0 radical (unpaired) electrons. The molecule has 0 saturated heterocycles. The molecular weight excluding hydrogens is 282 g/mol. The first kappa shape index (κ1) is 12.0. The predicted octanol–water partition coefficient (Wildman–Crippen LogP) is 3.17. The zero-order valence-corrected chi connectivity index (χ0v) is 11.6. The maximum absolute atomic E-state index is 5.87. The predicted molar refractivity (Wildman–Crippen MR) is 71.3 cm³/mol. The van der Waals surface area contributed by atoms with Crippen molar-refractivity contribution in [1.29, 1.82) is 0 Å². The van der Waals surface area contributed by atoms with Crippen LogP contribution in [0.25, 0.3) is 0 Å². The number of nitrogens with zero attached hydrogens (tertiary/aromatic N) is 2. The van der Waals surface area contributed by atoms with Crippen molar-refractivity contribution in [3.8, 4) is 11.5 Å². The minimum atomic E-state index is 0.607. The molecular formula is C12H14BrN3O. The van der Waals surface area contributed by atoms with E-state index in [9.17, 15) is 0 Å². The van der Waals surface area contributed by atoms with Crippen LogP contribution in [0.4, 0.5) is 5.69 Å². The van der Waals surface area contributed by atoms with Gasteiger partial charge in [0.2, 0.25) is 0 Å². The molecule has 0 unspecified atom stereocenters. The van der Waals surface area contributed by atoms with E-state index in [0.717, 1.165) is 21.6 Å². The Bertz CT molecular complexity index is 563. The molecule has 2 rings (SSSR count). The van der Waals surface area contributed by atoms with Crippen molar-refractivity contribution < 1.29 is 4.74 Å². The average molecular weight is 296 g/mol. The highest BCUT2D eigenvalue weighted by atomic mass is 79.9. The molecule has 2 aromatic rings. The minimum Gasteiger partial charge on any atom is -0.451 e. The maximum Gasteiger partial charge on any atom is 0.171 e. The minimum absolute atomic E-state index is 0.607. The maximum atomic E-state index is 5.87. The van der Waals surface area contributed by atoms with Crippen LogP contribution in [0.1, 0.15) is 11.4 Å². The van der Waals surface area contributed by atoms with Gasteiger partial charge in [0, 0.05) is 11.5 Å². The summed E-state index contributed by atoms with van der Waals surface area (Å²) < 4.78 is 8.56. The highest BCUT2D eigenvalue weighted by Crippen LogP contribution is 2.33.